The number of carboxylic acid groups (broad SMARTS) is 1. The molecule has 0 rings (SSSR count). The molecule has 0 saturated heterocycles. The van der Waals surface area contributed by atoms with E-state index in [9.17, 15) is 0 Å². The van der Waals surface area contributed by atoms with Crippen LogP contribution in [0.4, 0.5) is 0 Å². The predicted octanol–water partition coefficient (Wildman–Crippen LogP) is 6.33. The molecule has 0 fully saturated rings. The van der Waals surface area contributed by atoms with E-state index in [1.165, 1.54) is 19.8 Å². The normalized spacial score (nSPS) is 6.10. The second-order valence-electron chi connectivity index (χ2n) is 2.52. The molecular weight excluding hydrogens is 352 g/mol. The van der Waals surface area contributed by atoms with Crippen LogP contribution in [0.5, 0.6) is 0 Å². The van der Waals surface area contributed by atoms with Crippen molar-refractivity contribution in [3.05, 3.63) is 12.2 Å². The molecule has 20 heavy (non-hydrogen) atoms. The van der Waals surface area contributed by atoms with E-state index in [0.717, 1.165) is 13.2 Å². The molecule has 0 radical (unpaired) electrons. The minimum atomic E-state index is -0.931. The minimum absolute atomic E-state index is 0. The molecule has 0 amide bonds. The molecule has 0 heterocycles. The summed E-state index contributed by atoms with van der Waals surface area (Å²) in [5, 5.41) is 7.42. The van der Waals surface area contributed by atoms with Gasteiger partial charge < -0.3 is 9.90 Å². The van der Waals surface area contributed by atoms with E-state index in [0.29, 0.717) is 0 Å². The first-order valence-corrected chi connectivity index (χ1v) is 14.5. The molecule has 0 aliphatic rings. The summed E-state index contributed by atoms with van der Waals surface area (Å²) in [6.45, 7) is 14.9. The van der Waals surface area contributed by atoms with Crippen LogP contribution >= 0.6 is 19.4 Å². The van der Waals surface area contributed by atoms with E-state index in [2.05, 4.69) is 13.8 Å². The number of halogens is 2. The Labute approximate surface area is 143 Å². The van der Waals surface area contributed by atoms with Crippen molar-refractivity contribution >= 4 is 31.6 Å². The summed E-state index contributed by atoms with van der Waals surface area (Å²) >= 11 is -0.931. The second kappa shape index (κ2) is 75.6. The number of carbonyl (C=O) groups is 2. The zero-order valence-electron chi connectivity index (χ0n) is 14.4. The maximum atomic E-state index is 9.00. The summed E-state index contributed by atoms with van der Waals surface area (Å²) in [5.41, 5.74) is 0. The molecule has 0 aromatic rings. The Balaban J connectivity index is -0.0000000225. The first-order valence-electron chi connectivity index (χ1n) is 6.68. The molecular formula is C14H34Cl2O3Zn. The van der Waals surface area contributed by atoms with Crippen molar-refractivity contribution < 1.29 is 31.3 Å². The predicted molar refractivity (Wildman–Crippen MR) is 91.3 cm³/mol. The fourth-order valence-corrected chi connectivity index (χ4v) is 0. The van der Waals surface area contributed by atoms with Crippen LogP contribution in [0.1, 0.15) is 69.7 Å². The minimum Gasteiger partial charge on any atom is 0 e. The second-order valence-corrected chi connectivity index (χ2v) is 7.15. The Hall–Kier alpha value is 0.0834. The molecule has 0 unspecified atom stereocenters. The summed E-state index contributed by atoms with van der Waals surface area (Å²) in [6, 6.07) is 0. The van der Waals surface area contributed by atoms with Crippen LogP contribution in [0.3, 0.4) is 0 Å². The molecule has 0 spiro atoms. The Morgan fingerprint density at radius 2 is 1.20 bits per heavy atom. The number of carboxylic acids is 1. The summed E-state index contributed by atoms with van der Waals surface area (Å²) < 4.78 is 0. The number of hydrogen-bond donors (Lipinski definition) is 1. The molecule has 3 nitrogen and oxygen atoms in total. The average Bonchev–Trinajstić information content (AvgIpc) is 2.42. The first kappa shape index (κ1) is 36.9. The summed E-state index contributed by atoms with van der Waals surface area (Å²) in [5.74, 6) is -0.833. The van der Waals surface area contributed by atoms with Gasteiger partial charge in [-0.25, -0.2) is 0 Å². The Kier molecular flexibility index (Phi) is 139. The van der Waals surface area contributed by atoms with Gasteiger partial charge in [0.15, 0.2) is 0 Å². The number of allylic oxidation sites excluding steroid dienone is 2. The fourth-order valence-electron chi connectivity index (χ4n) is 0. The molecule has 0 aliphatic carbocycles. The van der Waals surface area contributed by atoms with Gasteiger partial charge in [-0.15, -0.1) is 0 Å². The van der Waals surface area contributed by atoms with Gasteiger partial charge in [-0.05, 0) is 20.8 Å². The van der Waals surface area contributed by atoms with Gasteiger partial charge in [-0.1, -0.05) is 52.7 Å². The molecule has 1 N–H and O–H groups in total. The van der Waals surface area contributed by atoms with Gasteiger partial charge in [0.05, 0.1) is 0 Å². The van der Waals surface area contributed by atoms with Crippen LogP contribution in [-0.2, 0) is 24.7 Å². The van der Waals surface area contributed by atoms with Gasteiger partial charge in [-0.2, -0.15) is 0 Å². The number of aliphatic carboxylic acids is 1. The molecule has 6 heteroatoms. The fraction of sp³-hybridized carbons (Fsp3) is 0.714. The number of carbonyl (C=O) groups excluding carboxylic acids is 1. The average molecular weight is 387 g/mol. The summed E-state index contributed by atoms with van der Waals surface area (Å²) in [6.07, 6.45) is 7.39. The zero-order valence-corrected chi connectivity index (χ0v) is 18.9. The van der Waals surface area contributed by atoms with Crippen LogP contribution in [0.2, 0.25) is 0 Å². The Bertz CT molecular complexity index is 151. The number of rotatable bonds is 1. The topological polar surface area (TPSA) is 54.4 Å². The number of unbranched alkanes of at least 4 members (excludes halogenated alkanes) is 1. The third kappa shape index (κ3) is 1220. The van der Waals surface area contributed by atoms with Gasteiger partial charge in [0.2, 0.25) is 0 Å². The van der Waals surface area contributed by atoms with E-state index < -0.39 is 21.1 Å². The van der Waals surface area contributed by atoms with Crippen molar-refractivity contribution in [2.75, 3.05) is 0 Å². The van der Waals surface area contributed by atoms with Crippen molar-refractivity contribution in [2.45, 2.75) is 68.2 Å². The molecule has 0 aromatic carbocycles. The van der Waals surface area contributed by atoms with E-state index in [1.54, 1.807) is 0 Å². The maximum absolute atomic E-state index is 9.00. The maximum Gasteiger partial charge on any atom is 0 e. The number of hydrogen-bond acceptors (Lipinski definition) is 2. The smallest absolute Gasteiger partial charge is 0 e. The largest absolute Gasteiger partial charge is 0 e. The quantitative estimate of drug-likeness (QED) is 0.325. The summed E-state index contributed by atoms with van der Waals surface area (Å²) in [7, 11) is 9.90. The molecule has 0 bridgehead atoms. The van der Waals surface area contributed by atoms with Crippen LogP contribution in [0, 0.1) is 0 Å². The van der Waals surface area contributed by atoms with Crippen molar-refractivity contribution in [2.24, 2.45) is 0 Å². The van der Waals surface area contributed by atoms with Crippen molar-refractivity contribution in [1.29, 1.82) is 0 Å². The molecule has 0 aromatic heterocycles. The Morgan fingerprint density at radius 1 is 1.10 bits per heavy atom. The Morgan fingerprint density at radius 3 is 1.20 bits per heavy atom. The van der Waals surface area contributed by atoms with E-state index in [4.69, 9.17) is 34.1 Å². The molecule has 0 saturated carbocycles. The molecule has 0 aliphatic heterocycles. The monoisotopic (exact) mass is 384 g/mol. The van der Waals surface area contributed by atoms with Crippen LogP contribution in [-0.4, -0.2) is 17.4 Å². The third-order valence-electron chi connectivity index (χ3n) is 0.833. The zero-order chi connectivity index (χ0) is 17.8. The standard InChI is InChI=1S/C4H10.C4H8.C2H4O2.C2H4O.C2H6.2ClH.Zn.H2/c2*1-3-4-2;1-2(3)4;1-2-3;1-2;;;;/h3-4H2,1-2H3;3-4H,1-2H3;1H3,(H,3,4);2H,1H3;1-2H3;2*1H;;1H/q;;;;;;;+2;/p-2/b;4-3+;;;;;;;. The van der Waals surface area contributed by atoms with Crippen molar-refractivity contribution in [3.8, 4) is 0 Å². The van der Waals surface area contributed by atoms with Crippen LogP contribution in [0.15, 0.2) is 12.2 Å². The molecule has 124 valence electrons. The van der Waals surface area contributed by atoms with Gasteiger partial charge in [-0.3, -0.25) is 4.79 Å². The van der Waals surface area contributed by atoms with E-state index in [-0.39, 0.29) is 1.43 Å². The van der Waals surface area contributed by atoms with Gasteiger partial charge in [0.25, 0.3) is 5.97 Å². The van der Waals surface area contributed by atoms with Crippen molar-refractivity contribution in [1.82, 2.24) is 0 Å². The van der Waals surface area contributed by atoms with E-state index >= 15 is 0 Å². The van der Waals surface area contributed by atoms with E-state index in [1.807, 2.05) is 39.8 Å². The van der Waals surface area contributed by atoms with Gasteiger partial charge >= 0.3 is 34.5 Å². The van der Waals surface area contributed by atoms with Crippen LogP contribution in [0.25, 0.3) is 0 Å². The van der Waals surface area contributed by atoms with Gasteiger partial charge in [0, 0.05) is 8.35 Å². The first-order chi connectivity index (χ1) is 9.39. The summed E-state index contributed by atoms with van der Waals surface area (Å²) in [4.78, 5) is 17.8. The van der Waals surface area contributed by atoms with Crippen molar-refractivity contribution in [3.63, 3.8) is 0 Å². The molecule has 0 atom stereocenters. The number of aldehydes is 1. The van der Waals surface area contributed by atoms with Gasteiger partial charge in [0.1, 0.15) is 6.29 Å². The SMILES string of the molecule is C/C=C/C.CC.CC(=O)O.CC=O.CCCC.[Cl][Zn][Cl].[HH]. The van der Waals surface area contributed by atoms with Crippen LogP contribution < -0.4 is 0 Å². The third-order valence-corrected chi connectivity index (χ3v) is 0.833.